The topological polar surface area (TPSA) is 54.1 Å². The van der Waals surface area contributed by atoms with Crippen LogP contribution in [-0.4, -0.2) is 30.6 Å². The van der Waals surface area contributed by atoms with Gasteiger partial charge in [-0.3, -0.25) is 4.79 Å². The maximum Gasteiger partial charge on any atom is 0.307 e. The van der Waals surface area contributed by atoms with Gasteiger partial charge in [0, 0.05) is 23.1 Å². The molecule has 0 aliphatic rings. The number of hydrogen-bond acceptors (Lipinski definition) is 3. The van der Waals surface area contributed by atoms with Crippen LogP contribution < -0.4 is 5.32 Å². The van der Waals surface area contributed by atoms with E-state index in [-0.39, 0.29) is 12.0 Å². The molecular weight excluding hydrogens is 240 g/mol. The molecule has 0 saturated heterocycles. The Morgan fingerprint density at radius 3 is 2.95 bits per heavy atom. The number of ether oxygens (including phenoxy) is 1. The molecule has 0 fully saturated rings. The fraction of sp³-hybridized carbons (Fsp3) is 0.400. The standard InChI is InChI=1S/C15H20N2O2/c1-3-19-15(18)9-12(16-2)8-11-10-17-14-7-5-4-6-13(11)14/h4-7,10,12,16-17H,3,8-9H2,1-2H3. The first kappa shape index (κ1) is 13.6. The normalized spacial score (nSPS) is 12.5. The zero-order valence-electron chi connectivity index (χ0n) is 11.4. The van der Waals surface area contributed by atoms with Crippen molar-refractivity contribution >= 4 is 16.9 Å². The lowest BCUT2D eigenvalue weighted by Crippen LogP contribution is -2.30. The Bertz CT molecular complexity index is 548. The van der Waals surface area contributed by atoms with Crippen molar-refractivity contribution in [1.82, 2.24) is 10.3 Å². The highest BCUT2D eigenvalue weighted by Gasteiger charge is 2.15. The molecule has 4 nitrogen and oxygen atoms in total. The number of esters is 1. The molecule has 2 N–H and O–H groups in total. The van der Waals surface area contributed by atoms with Gasteiger partial charge in [0.05, 0.1) is 13.0 Å². The van der Waals surface area contributed by atoms with E-state index in [0.717, 1.165) is 11.9 Å². The molecule has 102 valence electrons. The molecule has 19 heavy (non-hydrogen) atoms. The number of likely N-dealkylation sites (N-methyl/N-ethyl adjacent to an activating group) is 1. The molecule has 2 aromatic rings. The number of H-pyrrole nitrogens is 1. The third-order valence-electron chi connectivity index (χ3n) is 3.27. The third kappa shape index (κ3) is 3.35. The Balaban J connectivity index is 2.07. The Labute approximate surface area is 113 Å². The van der Waals surface area contributed by atoms with Gasteiger partial charge in [0.2, 0.25) is 0 Å². The average Bonchev–Trinajstić information content (AvgIpc) is 2.82. The third-order valence-corrected chi connectivity index (χ3v) is 3.27. The number of carbonyl (C=O) groups is 1. The van der Waals surface area contributed by atoms with E-state index in [1.54, 1.807) is 0 Å². The predicted molar refractivity (Wildman–Crippen MR) is 76.1 cm³/mol. The predicted octanol–water partition coefficient (Wildman–Crippen LogP) is 2.25. The van der Waals surface area contributed by atoms with E-state index in [9.17, 15) is 4.79 Å². The number of benzene rings is 1. The summed E-state index contributed by atoms with van der Waals surface area (Å²) in [5.74, 6) is -0.151. The number of para-hydroxylation sites is 1. The molecule has 0 amide bonds. The maximum atomic E-state index is 11.5. The van der Waals surface area contributed by atoms with Crippen LogP contribution in [0.1, 0.15) is 18.9 Å². The van der Waals surface area contributed by atoms with E-state index in [1.165, 1.54) is 10.9 Å². The number of hydrogen-bond donors (Lipinski definition) is 2. The average molecular weight is 260 g/mol. The van der Waals surface area contributed by atoms with Gasteiger partial charge in [-0.05, 0) is 32.0 Å². The summed E-state index contributed by atoms with van der Waals surface area (Å²) in [4.78, 5) is 14.8. The summed E-state index contributed by atoms with van der Waals surface area (Å²) in [7, 11) is 1.87. The number of fused-ring (bicyclic) bond motifs is 1. The van der Waals surface area contributed by atoms with E-state index < -0.39 is 0 Å². The summed E-state index contributed by atoms with van der Waals surface area (Å²) in [6.45, 7) is 2.26. The van der Waals surface area contributed by atoms with Crippen LogP contribution in [0.25, 0.3) is 10.9 Å². The first-order valence-corrected chi connectivity index (χ1v) is 6.62. The van der Waals surface area contributed by atoms with Crippen molar-refractivity contribution in [3.8, 4) is 0 Å². The summed E-state index contributed by atoms with van der Waals surface area (Å²) in [6, 6.07) is 8.28. The van der Waals surface area contributed by atoms with Crippen LogP contribution in [0.3, 0.4) is 0 Å². The molecule has 0 aliphatic carbocycles. The quantitative estimate of drug-likeness (QED) is 0.783. The summed E-state index contributed by atoms with van der Waals surface area (Å²) in [5, 5.41) is 4.39. The number of nitrogens with one attached hydrogen (secondary N) is 2. The highest BCUT2D eigenvalue weighted by Crippen LogP contribution is 2.19. The van der Waals surface area contributed by atoms with Crippen LogP contribution in [0, 0.1) is 0 Å². The molecule has 0 spiro atoms. The Kier molecular flexibility index (Phi) is 4.58. The number of aromatic nitrogens is 1. The molecule has 1 atom stereocenters. The second-order valence-corrected chi connectivity index (χ2v) is 4.56. The van der Waals surface area contributed by atoms with Gasteiger partial charge in [-0.15, -0.1) is 0 Å². The lowest BCUT2D eigenvalue weighted by Gasteiger charge is -2.14. The number of rotatable bonds is 6. The van der Waals surface area contributed by atoms with Crippen molar-refractivity contribution in [2.75, 3.05) is 13.7 Å². The second kappa shape index (κ2) is 6.38. The minimum atomic E-state index is -0.151. The van der Waals surface area contributed by atoms with E-state index in [2.05, 4.69) is 22.4 Å². The van der Waals surface area contributed by atoms with E-state index in [4.69, 9.17) is 4.74 Å². The van der Waals surface area contributed by atoms with E-state index in [0.29, 0.717) is 13.0 Å². The summed E-state index contributed by atoms with van der Waals surface area (Å²) in [6.07, 6.45) is 3.21. The molecule has 2 rings (SSSR count). The first-order valence-electron chi connectivity index (χ1n) is 6.62. The molecule has 0 saturated carbocycles. The van der Waals surface area contributed by atoms with Gasteiger partial charge in [-0.2, -0.15) is 0 Å². The highest BCUT2D eigenvalue weighted by molar-refractivity contribution is 5.83. The van der Waals surface area contributed by atoms with Gasteiger partial charge in [0.15, 0.2) is 0 Å². The molecular formula is C15H20N2O2. The Hall–Kier alpha value is -1.81. The fourth-order valence-electron chi connectivity index (χ4n) is 2.26. The smallest absolute Gasteiger partial charge is 0.307 e. The maximum absolute atomic E-state index is 11.5. The molecule has 0 aliphatic heterocycles. The molecule has 1 unspecified atom stereocenters. The van der Waals surface area contributed by atoms with Crippen LogP contribution in [0.4, 0.5) is 0 Å². The van der Waals surface area contributed by atoms with Gasteiger partial charge in [-0.25, -0.2) is 0 Å². The Morgan fingerprint density at radius 1 is 1.42 bits per heavy atom. The zero-order chi connectivity index (χ0) is 13.7. The van der Waals surface area contributed by atoms with Crippen LogP contribution in [0.15, 0.2) is 30.5 Å². The van der Waals surface area contributed by atoms with Crippen molar-refractivity contribution in [3.63, 3.8) is 0 Å². The molecule has 4 heteroatoms. The minimum Gasteiger partial charge on any atom is -0.466 e. The van der Waals surface area contributed by atoms with Crippen LogP contribution in [0.2, 0.25) is 0 Å². The summed E-state index contributed by atoms with van der Waals surface area (Å²) < 4.78 is 4.99. The van der Waals surface area contributed by atoms with E-state index in [1.807, 2.05) is 32.3 Å². The monoisotopic (exact) mass is 260 g/mol. The van der Waals surface area contributed by atoms with Crippen molar-refractivity contribution < 1.29 is 9.53 Å². The fourth-order valence-corrected chi connectivity index (χ4v) is 2.26. The van der Waals surface area contributed by atoms with E-state index >= 15 is 0 Å². The van der Waals surface area contributed by atoms with Crippen molar-refractivity contribution in [2.45, 2.75) is 25.8 Å². The lowest BCUT2D eigenvalue weighted by atomic mass is 10.0. The first-order chi connectivity index (χ1) is 9.24. The molecule has 0 bridgehead atoms. The largest absolute Gasteiger partial charge is 0.466 e. The summed E-state index contributed by atoms with van der Waals surface area (Å²) >= 11 is 0. The van der Waals surface area contributed by atoms with Crippen LogP contribution in [0.5, 0.6) is 0 Å². The van der Waals surface area contributed by atoms with Gasteiger partial charge >= 0.3 is 5.97 Å². The van der Waals surface area contributed by atoms with Gasteiger partial charge < -0.3 is 15.0 Å². The van der Waals surface area contributed by atoms with Gasteiger partial charge in [0.25, 0.3) is 0 Å². The van der Waals surface area contributed by atoms with Crippen molar-refractivity contribution in [2.24, 2.45) is 0 Å². The zero-order valence-corrected chi connectivity index (χ0v) is 11.4. The number of carbonyl (C=O) groups excluding carboxylic acids is 1. The minimum absolute atomic E-state index is 0.0956. The molecule has 1 heterocycles. The summed E-state index contributed by atoms with van der Waals surface area (Å²) in [5.41, 5.74) is 2.35. The number of aromatic amines is 1. The van der Waals surface area contributed by atoms with Crippen molar-refractivity contribution in [1.29, 1.82) is 0 Å². The van der Waals surface area contributed by atoms with Gasteiger partial charge in [0.1, 0.15) is 0 Å². The molecule has 0 radical (unpaired) electrons. The van der Waals surface area contributed by atoms with Gasteiger partial charge in [-0.1, -0.05) is 18.2 Å². The highest BCUT2D eigenvalue weighted by atomic mass is 16.5. The molecule has 1 aromatic heterocycles. The van der Waals surface area contributed by atoms with Crippen molar-refractivity contribution in [3.05, 3.63) is 36.0 Å². The second-order valence-electron chi connectivity index (χ2n) is 4.56. The lowest BCUT2D eigenvalue weighted by molar-refractivity contribution is -0.143. The SMILES string of the molecule is CCOC(=O)CC(Cc1c[nH]c2ccccc12)NC. The van der Waals surface area contributed by atoms with Crippen LogP contribution in [-0.2, 0) is 16.0 Å². The van der Waals surface area contributed by atoms with Crippen LogP contribution >= 0.6 is 0 Å². The Morgan fingerprint density at radius 2 is 2.21 bits per heavy atom. The molecule has 1 aromatic carbocycles.